The molecular formula is C17H20N2OS. The third kappa shape index (κ3) is 2.17. The molecule has 1 aromatic heterocycles. The highest BCUT2D eigenvalue weighted by Crippen LogP contribution is 2.34. The Balaban J connectivity index is 1.71. The summed E-state index contributed by atoms with van der Waals surface area (Å²) in [5, 5.41) is 3.16. The van der Waals surface area contributed by atoms with Crippen LogP contribution in [0.1, 0.15) is 29.6 Å². The quantitative estimate of drug-likeness (QED) is 0.807. The maximum absolute atomic E-state index is 13.1. The lowest BCUT2D eigenvalue weighted by molar-refractivity contribution is 0.0676. The molecule has 0 N–H and O–H groups in total. The van der Waals surface area contributed by atoms with E-state index in [4.69, 9.17) is 0 Å². The van der Waals surface area contributed by atoms with Gasteiger partial charge in [-0.25, -0.2) is 0 Å². The van der Waals surface area contributed by atoms with Crippen LogP contribution in [0.2, 0.25) is 0 Å². The van der Waals surface area contributed by atoms with Gasteiger partial charge in [-0.15, -0.1) is 11.3 Å². The molecule has 1 unspecified atom stereocenters. The summed E-state index contributed by atoms with van der Waals surface area (Å²) in [5.41, 5.74) is 0.900. The van der Waals surface area contributed by atoms with Crippen molar-refractivity contribution in [3.05, 3.63) is 35.2 Å². The van der Waals surface area contributed by atoms with Crippen molar-refractivity contribution in [2.75, 3.05) is 20.1 Å². The minimum absolute atomic E-state index is 0.246. The third-order valence-corrected chi connectivity index (χ3v) is 5.90. The second-order valence-electron chi connectivity index (χ2n) is 6.29. The highest BCUT2D eigenvalue weighted by atomic mass is 32.1. The fourth-order valence-corrected chi connectivity index (χ4v) is 4.79. The van der Waals surface area contributed by atoms with Gasteiger partial charge in [-0.05, 0) is 38.9 Å². The molecule has 0 aliphatic carbocycles. The number of hydrogen-bond donors (Lipinski definition) is 0. The first-order valence-corrected chi connectivity index (χ1v) is 8.59. The van der Waals surface area contributed by atoms with E-state index in [1.54, 1.807) is 11.3 Å². The molecule has 110 valence electrons. The Morgan fingerprint density at radius 3 is 2.90 bits per heavy atom. The van der Waals surface area contributed by atoms with Gasteiger partial charge in [0.1, 0.15) is 0 Å². The van der Waals surface area contributed by atoms with Gasteiger partial charge in [-0.1, -0.05) is 18.2 Å². The van der Waals surface area contributed by atoms with Gasteiger partial charge in [-0.2, -0.15) is 0 Å². The fraction of sp³-hybridized carbons (Fsp3) is 0.471. The van der Waals surface area contributed by atoms with Gasteiger partial charge in [0.05, 0.1) is 5.56 Å². The van der Waals surface area contributed by atoms with Gasteiger partial charge in [0.15, 0.2) is 0 Å². The second-order valence-corrected chi connectivity index (χ2v) is 7.21. The van der Waals surface area contributed by atoms with E-state index in [1.165, 1.54) is 11.1 Å². The third-order valence-electron chi connectivity index (χ3n) is 4.93. The van der Waals surface area contributed by atoms with Crippen molar-refractivity contribution in [3.63, 3.8) is 0 Å². The maximum atomic E-state index is 13.1. The van der Waals surface area contributed by atoms with Crippen LogP contribution < -0.4 is 0 Å². The normalized spacial score (nSPS) is 26.2. The molecule has 4 heteroatoms. The Hall–Kier alpha value is -1.39. The first-order chi connectivity index (χ1) is 10.2. The minimum atomic E-state index is 0.246. The zero-order chi connectivity index (χ0) is 14.4. The maximum Gasteiger partial charge on any atom is 0.255 e. The number of rotatable bonds is 1. The first kappa shape index (κ1) is 13.3. The number of nitrogens with zero attached hydrogens (tertiary/aromatic N) is 2. The molecule has 4 rings (SSSR count). The van der Waals surface area contributed by atoms with Gasteiger partial charge in [0.2, 0.25) is 0 Å². The van der Waals surface area contributed by atoms with Crippen LogP contribution in [0.4, 0.5) is 0 Å². The molecule has 0 radical (unpaired) electrons. The zero-order valence-corrected chi connectivity index (χ0v) is 13.1. The van der Waals surface area contributed by atoms with Crippen molar-refractivity contribution in [3.8, 4) is 0 Å². The molecule has 2 saturated heterocycles. The summed E-state index contributed by atoms with van der Waals surface area (Å²) < 4.78 is 1.21. The van der Waals surface area contributed by atoms with Gasteiger partial charge < -0.3 is 9.80 Å². The number of carbonyl (C=O) groups excluding carboxylic acids is 1. The number of hydrogen-bond acceptors (Lipinski definition) is 3. The number of benzene rings is 1. The molecule has 2 atom stereocenters. The lowest BCUT2D eigenvalue weighted by Gasteiger charge is -2.28. The molecule has 3 heterocycles. The van der Waals surface area contributed by atoms with Crippen molar-refractivity contribution in [1.29, 1.82) is 0 Å². The largest absolute Gasteiger partial charge is 0.331 e. The SMILES string of the molecule is CN1CCC2CC[C@H](C1)N2C(=O)c1csc2ccccc12. The van der Waals surface area contributed by atoms with E-state index >= 15 is 0 Å². The van der Waals surface area contributed by atoms with Gasteiger partial charge in [-0.3, -0.25) is 4.79 Å². The smallest absolute Gasteiger partial charge is 0.255 e. The van der Waals surface area contributed by atoms with Crippen molar-refractivity contribution in [2.45, 2.75) is 31.3 Å². The highest BCUT2D eigenvalue weighted by molar-refractivity contribution is 7.17. The molecule has 21 heavy (non-hydrogen) atoms. The molecule has 1 aromatic carbocycles. The average molecular weight is 300 g/mol. The monoisotopic (exact) mass is 300 g/mol. The highest BCUT2D eigenvalue weighted by Gasteiger charge is 2.40. The summed E-state index contributed by atoms with van der Waals surface area (Å²) in [7, 11) is 2.17. The predicted octanol–water partition coefficient (Wildman–Crippen LogP) is 3.21. The Kier molecular flexibility index (Phi) is 3.23. The first-order valence-electron chi connectivity index (χ1n) is 7.71. The van der Waals surface area contributed by atoms with E-state index in [-0.39, 0.29) is 5.91 Å². The van der Waals surface area contributed by atoms with Crippen molar-refractivity contribution in [1.82, 2.24) is 9.80 Å². The molecule has 0 spiro atoms. The standard InChI is InChI=1S/C17H20N2OS/c1-18-9-8-12-6-7-13(10-18)19(12)17(20)15-11-21-16-5-3-2-4-14(15)16/h2-5,11-13H,6-10H2,1H3/t12?,13-/m1/s1. The van der Waals surface area contributed by atoms with Crippen LogP contribution in [0, 0.1) is 0 Å². The summed E-state index contributed by atoms with van der Waals surface area (Å²) in [6.45, 7) is 2.12. The van der Waals surface area contributed by atoms with E-state index < -0.39 is 0 Å². The molecule has 2 aromatic rings. The van der Waals surface area contributed by atoms with Crippen LogP contribution in [-0.2, 0) is 0 Å². The molecule has 2 bridgehead atoms. The Morgan fingerprint density at radius 1 is 1.19 bits per heavy atom. The molecule has 3 nitrogen and oxygen atoms in total. The summed E-state index contributed by atoms with van der Waals surface area (Å²) in [6, 6.07) is 9.07. The van der Waals surface area contributed by atoms with E-state index in [0.29, 0.717) is 12.1 Å². The van der Waals surface area contributed by atoms with Gasteiger partial charge in [0.25, 0.3) is 5.91 Å². The van der Waals surface area contributed by atoms with Gasteiger partial charge in [0, 0.05) is 34.1 Å². The van der Waals surface area contributed by atoms with E-state index in [0.717, 1.165) is 36.9 Å². The molecule has 1 amide bonds. The van der Waals surface area contributed by atoms with Crippen molar-refractivity contribution < 1.29 is 4.79 Å². The molecule has 2 aliphatic heterocycles. The summed E-state index contributed by atoms with van der Waals surface area (Å²) in [4.78, 5) is 17.7. The van der Waals surface area contributed by atoms with E-state index in [2.05, 4.69) is 29.0 Å². The predicted molar refractivity (Wildman–Crippen MR) is 86.9 cm³/mol. The zero-order valence-electron chi connectivity index (χ0n) is 12.3. The van der Waals surface area contributed by atoms with Crippen LogP contribution in [0.5, 0.6) is 0 Å². The van der Waals surface area contributed by atoms with Crippen LogP contribution >= 0.6 is 11.3 Å². The number of fused-ring (bicyclic) bond motifs is 3. The lowest BCUT2D eigenvalue weighted by atomic mass is 10.1. The minimum Gasteiger partial charge on any atom is -0.331 e. The average Bonchev–Trinajstić information content (AvgIpc) is 3.03. The summed E-state index contributed by atoms with van der Waals surface area (Å²) >= 11 is 1.68. The second kappa shape index (κ2) is 5.11. The number of amides is 1. The summed E-state index contributed by atoms with van der Waals surface area (Å²) in [5.74, 6) is 0.246. The van der Waals surface area contributed by atoms with E-state index in [9.17, 15) is 4.79 Å². The van der Waals surface area contributed by atoms with Crippen LogP contribution in [0.25, 0.3) is 10.1 Å². The van der Waals surface area contributed by atoms with Crippen LogP contribution in [-0.4, -0.2) is 47.9 Å². The molecule has 0 saturated carbocycles. The number of carbonyl (C=O) groups is 1. The van der Waals surface area contributed by atoms with Crippen LogP contribution in [0.15, 0.2) is 29.6 Å². The lowest BCUT2D eigenvalue weighted by Crippen LogP contribution is -2.42. The molecule has 2 fully saturated rings. The number of thiophene rings is 1. The number of likely N-dealkylation sites (tertiary alicyclic amines) is 1. The molecule has 2 aliphatic rings. The Labute approximate surface area is 129 Å². The van der Waals surface area contributed by atoms with Gasteiger partial charge >= 0.3 is 0 Å². The number of likely N-dealkylation sites (N-methyl/N-ethyl adjacent to an activating group) is 1. The summed E-state index contributed by atoms with van der Waals surface area (Å²) in [6.07, 6.45) is 3.44. The van der Waals surface area contributed by atoms with E-state index in [1.807, 2.05) is 17.5 Å². The molecular weight excluding hydrogens is 280 g/mol. The van der Waals surface area contributed by atoms with Crippen LogP contribution in [0.3, 0.4) is 0 Å². The Bertz CT molecular complexity index is 680. The van der Waals surface area contributed by atoms with Crippen molar-refractivity contribution in [2.24, 2.45) is 0 Å². The fourth-order valence-electron chi connectivity index (χ4n) is 3.86. The topological polar surface area (TPSA) is 23.6 Å². The Morgan fingerprint density at radius 2 is 2.00 bits per heavy atom. The van der Waals surface area contributed by atoms with Crippen molar-refractivity contribution >= 4 is 27.3 Å².